The predicted octanol–water partition coefficient (Wildman–Crippen LogP) is 5.62. The molecule has 1 aromatic carbocycles. The summed E-state index contributed by atoms with van der Waals surface area (Å²) in [6.07, 6.45) is 5.40. The number of carbonyl (C=O) groups is 1. The van der Waals surface area contributed by atoms with Crippen molar-refractivity contribution < 1.29 is 18.7 Å². The van der Waals surface area contributed by atoms with Gasteiger partial charge < -0.3 is 5.11 Å². The van der Waals surface area contributed by atoms with E-state index in [4.69, 9.17) is 5.11 Å². The molecule has 1 aromatic rings. The number of carboxylic acids is 1. The van der Waals surface area contributed by atoms with Crippen LogP contribution >= 0.6 is 0 Å². The van der Waals surface area contributed by atoms with Gasteiger partial charge in [0.1, 0.15) is 0 Å². The zero-order valence-electron chi connectivity index (χ0n) is 14.8. The van der Waals surface area contributed by atoms with E-state index in [2.05, 4.69) is 20.8 Å². The molecule has 0 bridgehead atoms. The van der Waals surface area contributed by atoms with Gasteiger partial charge in [-0.1, -0.05) is 33.3 Å². The van der Waals surface area contributed by atoms with Crippen LogP contribution < -0.4 is 0 Å². The highest BCUT2D eigenvalue weighted by molar-refractivity contribution is 5.70. The van der Waals surface area contributed by atoms with E-state index in [9.17, 15) is 13.6 Å². The topological polar surface area (TPSA) is 37.3 Å². The molecule has 2 saturated carbocycles. The number of benzene rings is 1. The minimum atomic E-state index is -0.755. The summed E-state index contributed by atoms with van der Waals surface area (Å²) in [7, 11) is 0. The standard InChI is InChI=1S/C11H20O2.C9H8F2/c1-7(2)9-5-4-8(3)6-10(9)11(12)13;10-8-4-3-7(5-9(8)11)6-1-2-6/h7-10H,4-6H2,1-3H3,(H,12,13);3-6H,1-2H2. The molecule has 2 aliphatic carbocycles. The average molecular weight is 338 g/mol. The molecule has 134 valence electrons. The van der Waals surface area contributed by atoms with Crippen molar-refractivity contribution in [3.8, 4) is 0 Å². The Morgan fingerprint density at radius 1 is 1.12 bits per heavy atom. The number of aliphatic carboxylic acids is 1. The van der Waals surface area contributed by atoms with Crippen LogP contribution in [-0.2, 0) is 4.79 Å². The summed E-state index contributed by atoms with van der Waals surface area (Å²) in [6.45, 7) is 6.43. The third kappa shape index (κ3) is 5.02. The second kappa shape index (κ2) is 8.09. The number of carboxylic acid groups (broad SMARTS) is 1. The molecule has 0 heterocycles. The molecule has 3 rings (SSSR count). The van der Waals surface area contributed by atoms with Gasteiger partial charge in [-0.25, -0.2) is 8.78 Å². The van der Waals surface area contributed by atoms with Crippen molar-refractivity contribution >= 4 is 5.97 Å². The smallest absolute Gasteiger partial charge is 0.306 e. The summed E-state index contributed by atoms with van der Waals surface area (Å²) >= 11 is 0. The van der Waals surface area contributed by atoms with Gasteiger partial charge >= 0.3 is 5.97 Å². The first-order valence-electron chi connectivity index (χ1n) is 8.97. The Hall–Kier alpha value is -1.45. The molecule has 0 saturated heterocycles. The Bertz CT molecular complexity index is 567. The van der Waals surface area contributed by atoms with Crippen LogP contribution in [0.15, 0.2) is 18.2 Å². The molecule has 24 heavy (non-hydrogen) atoms. The molecule has 3 unspecified atom stereocenters. The highest BCUT2D eigenvalue weighted by Gasteiger charge is 2.35. The average Bonchev–Trinajstić information content (AvgIpc) is 3.35. The molecule has 0 spiro atoms. The van der Waals surface area contributed by atoms with Gasteiger partial charge in [-0.3, -0.25) is 4.79 Å². The molecule has 0 aromatic heterocycles. The second-order valence-corrected chi connectivity index (χ2v) is 7.72. The summed E-state index contributed by atoms with van der Waals surface area (Å²) in [6, 6.07) is 4.16. The first kappa shape index (κ1) is 18.9. The lowest BCUT2D eigenvalue weighted by Gasteiger charge is -2.34. The summed E-state index contributed by atoms with van der Waals surface area (Å²) in [5, 5.41) is 9.08. The summed E-state index contributed by atoms with van der Waals surface area (Å²) < 4.78 is 25.0. The van der Waals surface area contributed by atoms with Crippen LogP contribution in [-0.4, -0.2) is 11.1 Å². The molecule has 2 fully saturated rings. The van der Waals surface area contributed by atoms with Crippen molar-refractivity contribution in [1.82, 2.24) is 0 Å². The van der Waals surface area contributed by atoms with E-state index < -0.39 is 17.6 Å². The Morgan fingerprint density at radius 2 is 1.79 bits per heavy atom. The maximum absolute atomic E-state index is 12.6. The van der Waals surface area contributed by atoms with Gasteiger partial charge in [-0.15, -0.1) is 0 Å². The van der Waals surface area contributed by atoms with Gasteiger partial charge in [0.25, 0.3) is 0 Å². The van der Waals surface area contributed by atoms with Crippen LogP contribution in [0, 0.1) is 35.3 Å². The van der Waals surface area contributed by atoms with Gasteiger partial charge in [0.05, 0.1) is 5.92 Å². The number of halogens is 2. The van der Waals surface area contributed by atoms with E-state index >= 15 is 0 Å². The zero-order chi connectivity index (χ0) is 17.9. The normalized spacial score (nSPS) is 26.7. The van der Waals surface area contributed by atoms with Gasteiger partial charge in [-0.2, -0.15) is 0 Å². The van der Waals surface area contributed by atoms with E-state index in [1.165, 1.54) is 18.6 Å². The van der Waals surface area contributed by atoms with Gasteiger partial charge in [0.2, 0.25) is 0 Å². The van der Waals surface area contributed by atoms with Crippen molar-refractivity contribution in [3.63, 3.8) is 0 Å². The fourth-order valence-corrected chi connectivity index (χ4v) is 3.67. The summed E-state index contributed by atoms with van der Waals surface area (Å²) in [5.41, 5.74) is 0.934. The zero-order valence-corrected chi connectivity index (χ0v) is 14.8. The third-order valence-electron chi connectivity index (χ3n) is 5.33. The SMILES string of the molecule is CC1CCC(C(C)C)C(C(=O)O)C1.Fc1ccc(C2CC2)cc1F. The molecule has 0 amide bonds. The third-order valence-corrected chi connectivity index (χ3v) is 5.33. The Kier molecular flexibility index (Phi) is 6.36. The van der Waals surface area contributed by atoms with Gasteiger partial charge in [0.15, 0.2) is 11.6 Å². The van der Waals surface area contributed by atoms with E-state index in [0.29, 0.717) is 23.7 Å². The first-order chi connectivity index (χ1) is 11.3. The lowest BCUT2D eigenvalue weighted by atomic mass is 9.70. The monoisotopic (exact) mass is 338 g/mol. The van der Waals surface area contributed by atoms with Crippen LogP contribution in [0.25, 0.3) is 0 Å². The fourth-order valence-electron chi connectivity index (χ4n) is 3.67. The fraction of sp³-hybridized carbons (Fsp3) is 0.650. The van der Waals surface area contributed by atoms with Crippen LogP contribution in [0.4, 0.5) is 8.78 Å². The van der Waals surface area contributed by atoms with Crippen molar-refractivity contribution in [2.45, 2.75) is 58.8 Å². The number of hydrogen-bond acceptors (Lipinski definition) is 1. The lowest BCUT2D eigenvalue weighted by molar-refractivity contribution is -0.146. The summed E-state index contributed by atoms with van der Waals surface area (Å²) in [4.78, 5) is 11.0. The molecule has 0 aliphatic heterocycles. The van der Waals surface area contributed by atoms with Crippen molar-refractivity contribution in [2.24, 2.45) is 23.7 Å². The van der Waals surface area contributed by atoms with Gasteiger partial charge in [0, 0.05) is 0 Å². The number of rotatable bonds is 3. The van der Waals surface area contributed by atoms with Crippen LogP contribution in [0.2, 0.25) is 0 Å². The Morgan fingerprint density at radius 3 is 2.29 bits per heavy atom. The predicted molar refractivity (Wildman–Crippen MR) is 90.8 cm³/mol. The molecule has 1 N–H and O–H groups in total. The molecule has 3 atom stereocenters. The molecular weight excluding hydrogens is 310 g/mol. The maximum Gasteiger partial charge on any atom is 0.306 e. The highest BCUT2D eigenvalue weighted by Crippen LogP contribution is 2.40. The second-order valence-electron chi connectivity index (χ2n) is 7.72. The van der Waals surface area contributed by atoms with Crippen molar-refractivity contribution in [1.29, 1.82) is 0 Å². The quantitative estimate of drug-likeness (QED) is 0.776. The van der Waals surface area contributed by atoms with E-state index in [1.807, 2.05) is 0 Å². The molecule has 0 radical (unpaired) electrons. The van der Waals surface area contributed by atoms with Gasteiger partial charge in [-0.05, 0) is 67.1 Å². The van der Waals surface area contributed by atoms with Crippen LogP contribution in [0.5, 0.6) is 0 Å². The number of hydrogen-bond donors (Lipinski definition) is 1. The molecule has 2 aliphatic rings. The van der Waals surface area contributed by atoms with Crippen LogP contribution in [0.3, 0.4) is 0 Å². The van der Waals surface area contributed by atoms with Crippen LogP contribution in [0.1, 0.15) is 64.4 Å². The molecule has 2 nitrogen and oxygen atoms in total. The Labute approximate surface area is 143 Å². The highest BCUT2D eigenvalue weighted by atomic mass is 19.2. The minimum absolute atomic E-state index is 0.0938. The Balaban J connectivity index is 0.000000175. The van der Waals surface area contributed by atoms with Crippen molar-refractivity contribution in [3.05, 3.63) is 35.4 Å². The molecular formula is C20H28F2O2. The van der Waals surface area contributed by atoms with E-state index in [-0.39, 0.29) is 5.92 Å². The summed E-state index contributed by atoms with van der Waals surface area (Å²) in [5.74, 6) is -0.179. The maximum atomic E-state index is 12.6. The van der Waals surface area contributed by atoms with Crippen molar-refractivity contribution in [2.75, 3.05) is 0 Å². The van der Waals surface area contributed by atoms with E-state index in [0.717, 1.165) is 31.2 Å². The largest absolute Gasteiger partial charge is 0.481 e. The first-order valence-corrected chi connectivity index (χ1v) is 8.97. The van der Waals surface area contributed by atoms with E-state index in [1.54, 1.807) is 6.07 Å². The molecule has 4 heteroatoms. The lowest BCUT2D eigenvalue weighted by Crippen LogP contribution is -2.33. The minimum Gasteiger partial charge on any atom is -0.481 e.